The number of nitrogens with zero attached hydrogens (tertiary/aromatic N) is 2. The number of aryl methyl sites for hydroxylation is 3. The second-order valence-corrected chi connectivity index (χ2v) is 7.61. The summed E-state index contributed by atoms with van der Waals surface area (Å²) in [6, 6.07) is 5.37. The smallest absolute Gasteiger partial charge is 0.349 e. The number of thiophene rings is 1. The van der Waals surface area contributed by atoms with Gasteiger partial charge in [0.25, 0.3) is 0 Å². The van der Waals surface area contributed by atoms with Gasteiger partial charge < -0.3 is 15.2 Å². The molecule has 0 spiro atoms. The molecule has 0 aliphatic carbocycles. The summed E-state index contributed by atoms with van der Waals surface area (Å²) in [6.45, 7) is 7.38. The molecule has 1 atom stereocenters. The van der Waals surface area contributed by atoms with Gasteiger partial charge in [-0.25, -0.2) is 9.78 Å². The Bertz CT molecular complexity index is 1090. The monoisotopic (exact) mass is 399 g/mol. The van der Waals surface area contributed by atoms with Crippen LogP contribution < -0.4 is 10.5 Å². The van der Waals surface area contributed by atoms with E-state index >= 15 is 0 Å². The Morgan fingerprint density at radius 2 is 1.75 bits per heavy atom. The fourth-order valence-electron chi connectivity index (χ4n) is 2.88. The largest absolute Gasteiger partial charge is 0.480 e. The second-order valence-electron chi connectivity index (χ2n) is 6.58. The number of ketones is 1. The minimum atomic E-state index is -0.920. The van der Waals surface area contributed by atoms with Crippen molar-refractivity contribution in [2.24, 2.45) is 0 Å². The van der Waals surface area contributed by atoms with Gasteiger partial charge in [-0.15, -0.1) is 11.3 Å². The van der Waals surface area contributed by atoms with Crippen molar-refractivity contribution in [1.29, 1.82) is 0 Å². The Balaban J connectivity index is 1.83. The van der Waals surface area contributed by atoms with Gasteiger partial charge in [0.15, 0.2) is 6.10 Å². The number of Topliss-reactive ketones (excluding diaryl/α,β-unsaturated/α-hetero) is 1. The van der Waals surface area contributed by atoms with Crippen LogP contribution in [-0.4, -0.2) is 34.9 Å². The van der Waals surface area contributed by atoms with Gasteiger partial charge in [-0.05, 0) is 56.5 Å². The quantitative estimate of drug-likeness (QED) is 0.516. The fourth-order valence-corrected chi connectivity index (χ4v) is 3.80. The number of esters is 1. The van der Waals surface area contributed by atoms with Crippen molar-refractivity contribution in [3.8, 4) is 5.88 Å². The lowest BCUT2D eigenvalue weighted by Gasteiger charge is -2.14. The predicted molar refractivity (Wildman–Crippen MR) is 108 cm³/mol. The molecule has 7 nitrogen and oxygen atoms in total. The summed E-state index contributed by atoms with van der Waals surface area (Å²) in [7, 11) is 1.46. The summed E-state index contributed by atoms with van der Waals surface area (Å²) in [6.07, 6.45) is -0.920. The summed E-state index contributed by atoms with van der Waals surface area (Å²) in [5.41, 5.74) is 9.19. The van der Waals surface area contributed by atoms with Gasteiger partial charge >= 0.3 is 5.97 Å². The van der Waals surface area contributed by atoms with Gasteiger partial charge in [-0.3, -0.25) is 4.79 Å². The molecule has 2 aromatic heterocycles. The van der Waals surface area contributed by atoms with E-state index in [1.165, 1.54) is 7.11 Å². The first-order chi connectivity index (χ1) is 13.2. The van der Waals surface area contributed by atoms with Crippen LogP contribution >= 0.6 is 11.3 Å². The maximum Gasteiger partial charge on any atom is 0.349 e. The highest BCUT2D eigenvalue weighted by atomic mass is 32.1. The van der Waals surface area contributed by atoms with Gasteiger partial charge in [0.1, 0.15) is 9.71 Å². The highest BCUT2D eigenvalue weighted by molar-refractivity contribution is 7.20. The SMILES string of the molecule is COc1nc(N)nc2sc(C(=O)O[C@H](C)C(=O)c3cc(C)c(C)cc3C)cc12. The molecule has 146 valence electrons. The van der Waals surface area contributed by atoms with Crippen LogP contribution in [0.25, 0.3) is 10.2 Å². The van der Waals surface area contributed by atoms with E-state index in [9.17, 15) is 9.59 Å². The number of aromatic nitrogens is 2. The Kier molecular flexibility index (Phi) is 5.33. The van der Waals surface area contributed by atoms with Crippen LogP contribution in [0.3, 0.4) is 0 Å². The third-order valence-corrected chi connectivity index (χ3v) is 5.54. The molecule has 3 rings (SSSR count). The van der Waals surface area contributed by atoms with Gasteiger partial charge in [0.05, 0.1) is 12.5 Å². The zero-order valence-corrected chi connectivity index (χ0v) is 17.1. The lowest BCUT2D eigenvalue weighted by Crippen LogP contribution is -2.25. The number of rotatable bonds is 5. The number of fused-ring (bicyclic) bond motifs is 1. The lowest BCUT2D eigenvalue weighted by molar-refractivity contribution is 0.0323. The highest BCUT2D eigenvalue weighted by Gasteiger charge is 2.24. The first kappa shape index (κ1) is 19.8. The van der Waals surface area contributed by atoms with Crippen molar-refractivity contribution < 1.29 is 19.1 Å². The summed E-state index contributed by atoms with van der Waals surface area (Å²) >= 11 is 1.11. The molecule has 0 saturated carbocycles. The predicted octanol–water partition coefficient (Wildman–Crippen LogP) is 3.64. The van der Waals surface area contributed by atoms with E-state index in [2.05, 4.69) is 9.97 Å². The fraction of sp³-hybridized carbons (Fsp3) is 0.300. The van der Waals surface area contributed by atoms with Crippen molar-refractivity contribution in [3.05, 3.63) is 45.3 Å². The molecule has 0 bridgehead atoms. The number of anilines is 1. The Hall–Kier alpha value is -3.00. The summed E-state index contributed by atoms with van der Waals surface area (Å²) in [4.78, 5) is 34.3. The van der Waals surface area contributed by atoms with Gasteiger partial charge in [-0.1, -0.05) is 6.07 Å². The van der Waals surface area contributed by atoms with Crippen LogP contribution in [0.2, 0.25) is 0 Å². The molecule has 1 aromatic carbocycles. The van der Waals surface area contributed by atoms with Crippen molar-refractivity contribution in [1.82, 2.24) is 9.97 Å². The first-order valence-electron chi connectivity index (χ1n) is 8.65. The minimum absolute atomic E-state index is 0.0554. The number of hydrogen-bond acceptors (Lipinski definition) is 8. The minimum Gasteiger partial charge on any atom is -0.480 e. The van der Waals surface area contributed by atoms with Crippen molar-refractivity contribution in [3.63, 3.8) is 0 Å². The van der Waals surface area contributed by atoms with Gasteiger partial charge in [0.2, 0.25) is 17.6 Å². The number of nitrogen functional groups attached to an aromatic ring is 1. The third kappa shape index (κ3) is 3.68. The molecular weight excluding hydrogens is 378 g/mol. The van der Waals surface area contributed by atoms with Gasteiger partial charge in [-0.2, -0.15) is 4.98 Å². The number of benzene rings is 1. The van der Waals surface area contributed by atoms with E-state index in [1.807, 2.05) is 32.9 Å². The molecule has 3 aromatic rings. The maximum absolute atomic E-state index is 12.8. The molecule has 0 fully saturated rings. The molecule has 28 heavy (non-hydrogen) atoms. The van der Waals surface area contributed by atoms with Crippen LogP contribution in [0.1, 0.15) is 43.6 Å². The average Bonchev–Trinajstić information content (AvgIpc) is 3.07. The molecule has 0 aliphatic rings. The van der Waals surface area contributed by atoms with Crippen LogP contribution in [-0.2, 0) is 4.74 Å². The van der Waals surface area contributed by atoms with Crippen LogP contribution in [0.4, 0.5) is 5.95 Å². The maximum atomic E-state index is 12.8. The van der Waals surface area contributed by atoms with Crippen LogP contribution in [0, 0.1) is 20.8 Å². The number of nitrogens with two attached hydrogens (primary N) is 1. The molecule has 8 heteroatoms. The zero-order chi connectivity index (χ0) is 20.6. The Morgan fingerprint density at radius 1 is 1.07 bits per heavy atom. The highest BCUT2D eigenvalue weighted by Crippen LogP contribution is 2.31. The van der Waals surface area contributed by atoms with Crippen LogP contribution in [0.5, 0.6) is 5.88 Å². The lowest BCUT2D eigenvalue weighted by atomic mass is 9.96. The number of hydrogen-bond donors (Lipinski definition) is 1. The van der Waals surface area contributed by atoms with E-state index in [-0.39, 0.29) is 17.6 Å². The van der Waals surface area contributed by atoms with E-state index in [0.29, 0.717) is 20.7 Å². The number of methoxy groups -OCH3 is 1. The average molecular weight is 399 g/mol. The summed E-state index contributed by atoms with van der Waals surface area (Å²) in [5.74, 6) is -0.504. The summed E-state index contributed by atoms with van der Waals surface area (Å²) in [5, 5.41) is 0.567. The third-order valence-electron chi connectivity index (χ3n) is 4.53. The number of carbonyl (C=O) groups excluding carboxylic acids is 2. The molecule has 0 unspecified atom stereocenters. The molecule has 2 N–H and O–H groups in total. The summed E-state index contributed by atoms with van der Waals surface area (Å²) < 4.78 is 10.6. The zero-order valence-electron chi connectivity index (χ0n) is 16.3. The molecule has 0 saturated heterocycles. The van der Waals surface area contributed by atoms with Crippen LogP contribution in [0.15, 0.2) is 18.2 Å². The van der Waals surface area contributed by atoms with E-state index in [4.69, 9.17) is 15.2 Å². The molecule has 0 amide bonds. The molecule has 2 heterocycles. The van der Waals surface area contributed by atoms with Crippen molar-refractivity contribution in [2.45, 2.75) is 33.8 Å². The Morgan fingerprint density at radius 3 is 2.43 bits per heavy atom. The topological polar surface area (TPSA) is 104 Å². The van der Waals surface area contributed by atoms with Crippen molar-refractivity contribution >= 4 is 39.3 Å². The molecular formula is C20H21N3O4S. The van der Waals surface area contributed by atoms with Crippen molar-refractivity contribution in [2.75, 3.05) is 12.8 Å². The molecule has 0 radical (unpaired) electrons. The second kappa shape index (κ2) is 7.55. The normalized spacial score (nSPS) is 12.0. The van der Waals surface area contributed by atoms with E-state index < -0.39 is 12.1 Å². The molecule has 0 aliphatic heterocycles. The van der Waals surface area contributed by atoms with E-state index in [1.54, 1.807) is 13.0 Å². The van der Waals surface area contributed by atoms with Gasteiger partial charge in [0, 0.05) is 5.56 Å². The van der Waals surface area contributed by atoms with E-state index in [0.717, 1.165) is 28.0 Å². The number of carbonyl (C=O) groups is 2. The standard InChI is InChI=1S/C20H21N3O4S/c1-9-6-11(3)13(7-10(9)2)16(24)12(4)27-19(25)15-8-14-17(26-5)22-20(21)23-18(14)28-15/h6-8,12H,1-5H3,(H2,21,22,23)/t12-/m1/s1. The Labute approximate surface area is 166 Å². The number of ether oxygens (including phenoxy) is 2. The first-order valence-corrected chi connectivity index (χ1v) is 9.47.